The predicted molar refractivity (Wildman–Crippen MR) is 69.8 cm³/mol. The van der Waals surface area contributed by atoms with E-state index < -0.39 is 22.3 Å². The van der Waals surface area contributed by atoms with Crippen molar-refractivity contribution < 1.29 is 17.9 Å². The number of carbonyl (C=O) groups is 1. The molecule has 104 valence electrons. The lowest BCUT2D eigenvalue weighted by molar-refractivity contribution is 0.181. The highest BCUT2D eigenvalue weighted by Gasteiger charge is 2.24. The molecular weight excluding hydrogens is 270 g/mol. The van der Waals surface area contributed by atoms with Gasteiger partial charge in [0.25, 0.3) is 10.2 Å². The van der Waals surface area contributed by atoms with Gasteiger partial charge in [-0.2, -0.15) is 13.1 Å². The summed E-state index contributed by atoms with van der Waals surface area (Å²) in [5.41, 5.74) is 1.38. The molecule has 0 radical (unpaired) electrons. The third-order valence-electron chi connectivity index (χ3n) is 2.78. The molecule has 0 aliphatic carbocycles. The molecule has 0 saturated carbocycles. The topological polar surface area (TPSA) is 102 Å². The van der Waals surface area contributed by atoms with Crippen LogP contribution in [-0.4, -0.2) is 27.7 Å². The first-order valence-electron chi connectivity index (χ1n) is 5.71. The Morgan fingerprint density at radius 3 is 2.79 bits per heavy atom. The Hall–Kier alpha value is -1.64. The molecule has 3 N–H and O–H groups in total. The lowest BCUT2D eigenvalue weighted by Crippen LogP contribution is -2.33. The standard InChI is InChI=1S/C11H15N3O4S/c1-8(13-19(12,16)17)9-3-2-4-10(7-9)14-5-6-18-11(14)15/h2-4,7-8,13H,5-6H2,1H3,(H2,12,16,17)/t8-/m0/s1. The van der Waals surface area contributed by atoms with Crippen LogP contribution in [0.1, 0.15) is 18.5 Å². The van der Waals surface area contributed by atoms with Crippen molar-refractivity contribution in [2.45, 2.75) is 13.0 Å². The summed E-state index contributed by atoms with van der Waals surface area (Å²) in [4.78, 5) is 13.0. The highest BCUT2D eigenvalue weighted by atomic mass is 32.2. The minimum Gasteiger partial charge on any atom is -0.447 e. The number of amides is 1. The largest absolute Gasteiger partial charge is 0.447 e. The minimum absolute atomic E-state index is 0.355. The Balaban J connectivity index is 2.22. The third kappa shape index (κ3) is 3.43. The SMILES string of the molecule is C[C@H](NS(N)(=O)=O)c1cccc(N2CCOC2=O)c1. The second kappa shape index (κ2) is 5.16. The van der Waals surface area contributed by atoms with Gasteiger partial charge in [-0.05, 0) is 24.6 Å². The molecule has 2 rings (SSSR count). The molecule has 1 atom stereocenters. The Morgan fingerprint density at radius 1 is 1.47 bits per heavy atom. The van der Waals surface area contributed by atoms with Gasteiger partial charge in [0.2, 0.25) is 0 Å². The van der Waals surface area contributed by atoms with E-state index in [1.165, 1.54) is 4.90 Å². The fraction of sp³-hybridized carbons (Fsp3) is 0.364. The lowest BCUT2D eigenvalue weighted by Gasteiger charge is -2.17. The fourth-order valence-corrected chi connectivity index (χ4v) is 2.53. The van der Waals surface area contributed by atoms with Crippen LogP contribution >= 0.6 is 0 Å². The minimum atomic E-state index is -3.77. The van der Waals surface area contributed by atoms with E-state index in [0.717, 1.165) is 0 Å². The van der Waals surface area contributed by atoms with E-state index in [9.17, 15) is 13.2 Å². The van der Waals surface area contributed by atoms with Gasteiger partial charge in [-0.15, -0.1) is 0 Å². The van der Waals surface area contributed by atoms with Gasteiger partial charge in [0, 0.05) is 11.7 Å². The van der Waals surface area contributed by atoms with E-state index in [0.29, 0.717) is 24.4 Å². The molecule has 1 aliphatic heterocycles. The van der Waals surface area contributed by atoms with Crippen LogP contribution in [-0.2, 0) is 14.9 Å². The van der Waals surface area contributed by atoms with E-state index in [1.54, 1.807) is 31.2 Å². The molecule has 7 nitrogen and oxygen atoms in total. The summed E-state index contributed by atoms with van der Waals surface area (Å²) in [6.45, 7) is 2.51. The van der Waals surface area contributed by atoms with Gasteiger partial charge in [0.1, 0.15) is 6.61 Å². The predicted octanol–water partition coefficient (Wildman–Crippen LogP) is 0.497. The Morgan fingerprint density at radius 2 is 2.21 bits per heavy atom. The average molecular weight is 285 g/mol. The van der Waals surface area contributed by atoms with Crippen molar-refractivity contribution in [3.8, 4) is 0 Å². The van der Waals surface area contributed by atoms with Crippen LogP contribution in [0.2, 0.25) is 0 Å². The molecule has 1 saturated heterocycles. The number of benzene rings is 1. The molecule has 1 amide bonds. The zero-order valence-corrected chi connectivity index (χ0v) is 11.2. The van der Waals surface area contributed by atoms with E-state index in [-0.39, 0.29) is 0 Å². The fourth-order valence-electron chi connectivity index (χ4n) is 1.90. The van der Waals surface area contributed by atoms with Crippen molar-refractivity contribution in [1.29, 1.82) is 0 Å². The number of rotatable bonds is 4. The summed E-state index contributed by atoms with van der Waals surface area (Å²) in [7, 11) is -3.77. The second-order valence-electron chi connectivity index (χ2n) is 4.25. The van der Waals surface area contributed by atoms with Crippen molar-refractivity contribution in [1.82, 2.24) is 4.72 Å². The van der Waals surface area contributed by atoms with Gasteiger partial charge in [-0.1, -0.05) is 12.1 Å². The van der Waals surface area contributed by atoms with Crippen molar-refractivity contribution in [3.05, 3.63) is 29.8 Å². The van der Waals surface area contributed by atoms with Crippen LogP contribution in [0.3, 0.4) is 0 Å². The average Bonchev–Trinajstić information content (AvgIpc) is 2.73. The number of hydrogen-bond donors (Lipinski definition) is 2. The molecule has 0 spiro atoms. The number of nitrogens with two attached hydrogens (primary N) is 1. The summed E-state index contributed by atoms with van der Waals surface area (Å²) in [5, 5.41) is 4.93. The zero-order chi connectivity index (χ0) is 14.0. The first kappa shape index (κ1) is 13.8. The lowest BCUT2D eigenvalue weighted by atomic mass is 10.1. The smallest absolute Gasteiger partial charge is 0.414 e. The molecule has 8 heteroatoms. The molecular formula is C11H15N3O4S. The van der Waals surface area contributed by atoms with Gasteiger partial charge in [0.15, 0.2) is 0 Å². The number of cyclic esters (lactones) is 1. The van der Waals surface area contributed by atoms with E-state index >= 15 is 0 Å². The highest BCUT2D eigenvalue weighted by molar-refractivity contribution is 7.87. The maximum atomic E-state index is 11.5. The first-order valence-corrected chi connectivity index (χ1v) is 7.26. The molecule has 1 heterocycles. The molecule has 0 bridgehead atoms. The van der Waals surface area contributed by atoms with Crippen LogP contribution in [0.15, 0.2) is 24.3 Å². The summed E-state index contributed by atoms with van der Waals surface area (Å²) >= 11 is 0. The highest BCUT2D eigenvalue weighted by Crippen LogP contribution is 2.23. The summed E-state index contributed by atoms with van der Waals surface area (Å²) in [5.74, 6) is 0. The normalized spacial score (nSPS) is 17.4. The number of hydrogen-bond acceptors (Lipinski definition) is 4. The number of anilines is 1. The van der Waals surface area contributed by atoms with Crippen LogP contribution in [0, 0.1) is 0 Å². The number of carbonyl (C=O) groups excluding carboxylic acids is 1. The first-order chi connectivity index (χ1) is 8.87. The number of ether oxygens (including phenoxy) is 1. The van der Waals surface area contributed by atoms with E-state index in [4.69, 9.17) is 9.88 Å². The second-order valence-corrected chi connectivity index (χ2v) is 5.57. The summed E-state index contributed by atoms with van der Waals surface area (Å²) in [6, 6.07) is 6.52. The summed E-state index contributed by atoms with van der Waals surface area (Å²) in [6.07, 6.45) is -0.399. The van der Waals surface area contributed by atoms with Gasteiger partial charge >= 0.3 is 6.09 Å². The van der Waals surface area contributed by atoms with Crippen LogP contribution < -0.4 is 14.8 Å². The molecule has 0 unspecified atom stereocenters. The van der Waals surface area contributed by atoms with Gasteiger partial charge in [-0.25, -0.2) is 9.93 Å². The third-order valence-corrected chi connectivity index (χ3v) is 3.47. The van der Waals surface area contributed by atoms with Crippen LogP contribution in [0.5, 0.6) is 0 Å². The van der Waals surface area contributed by atoms with Gasteiger partial charge in [-0.3, -0.25) is 4.90 Å². The number of nitrogens with one attached hydrogen (secondary N) is 1. The zero-order valence-electron chi connectivity index (χ0n) is 10.4. The molecule has 1 aromatic rings. The Labute approximate surface area is 111 Å². The van der Waals surface area contributed by atoms with Crippen molar-refractivity contribution in [2.24, 2.45) is 5.14 Å². The summed E-state index contributed by atoms with van der Waals surface area (Å²) < 4.78 is 29.1. The molecule has 1 aliphatic rings. The molecule has 1 fully saturated rings. The molecule has 19 heavy (non-hydrogen) atoms. The van der Waals surface area contributed by atoms with Crippen molar-refractivity contribution in [2.75, 3.05) is 18.1 Å². The van der Waals surface area contributed by atoms with Gasteiger partial charge < -0.3 is 4.74 Å². The van der Waals surface area contributed by atoms with Crippen LogP contribution in [0.25, 0.3) is 0 Å². The van der Waals surface area contributed by atoms with Crippen molar-refractivity contribution in [3.63, 3.8) is 0 Å². The monoisotopic (exact) mass is 285 g/mol. The maximum Gasteiger partial charge on any atom is 0.414 e. The number of nitrogens with zero attached hydrogens (tertiary/aromatic N) is 1. The maximum absolute atomic E-state index is 11.5. The Kier molecular flexibility index (Phi) is 3.74. The van der Waals surface area contributed by atoms with E-state index in [1.807, 2.05) is 0 Å². The molecule has 0 aromatic heterocycles. The van der Waals surface area contributed by atoms with E-state index in [2.05, 4.69) is 4.72 Å². The van der Waals surface area contributed by atoms with Gasteiger partial charge in [0.05, 0.1) is 6.54 Å². The Bertz CT molecular complexity index is 587. The van der Waals surface area contributed by atoms with Crippen LogP contribution in [0.4, 0.5) is 10.5 Å². The van der Waals surface area contributed by atoms with Crippen molar-refractivity contribution >= 4 is 22.0 Å². The quantitative estimate of drug-likeness (QED) is 0.840. The molecule has 1 aromatic carbocycles.